The number of piperazine rings is 1. The topological polar surface area (TPSA) is 53.6 Å². The Morgan fingerprint density at radius 1 is 1.22 bits per heavy atom. The van der Waals surface area contributed by atoms with Crippen LogP contribution >= 0.6 is 0 Å². The fourth-order valence-corrected chi connectivity index (χ4v) is 3.57. The summed E-state index contributed by atoms with van der Waals surface area (Å²) in [6.45, 7) is 7.98. The Bertz CT molecular complexity index is 533. The van der Waals surface area contributed by atoms with Gasteiger partial charge in [-0.25, -0.2) is 0 Å². The molecule has 2 N–H and O–H groups in total. The van der Waals surface area contributed by atoms with E-state index in [0.717, 1.165) is 56.7 Å². The lowest BCUT2D eigenvalue weighted by molar-refractivity contribution is 0.0904. The Morgan fingerprint density at radius 2 is 1.91 bits per heavy atom. The lowest BCUT2D eigenvalue weighted by atomic mass is 10.1. The van der Waals surface area contributed by atoms with Gasteiger partial charge in [0.05, 0.1) is 0 Å². The molecular weight excluding hydrogens is 290 g/mol. The van der Waals surface area contributed by atoms with Crippen LogP contribution in [0, 0.1) is 0 Å². The molecule has 1 aromatic carbocycles. The normalized spacial score (nSPS) is 26.1. The first-order chi connectivity index (χ1) is 11.2. The van der Waals surface area contributed by atoms with Crippen LogP contribution in [0.1, 0.15) is 37.0 Å². The minimum Gasteiger partial charge on any atom is -0.381 e. The third-order valence-electron chi connectivity index (χ3n) is 4.67. The summed E-state index contributed by atoms with van der Waals surface area (Å²) in [6.07, 6.45) is 2.92. The van der Waals surface area contributed by atoms with Crippen molar-refractivity contribution in [3.8, 4) is 0 Å². The molecule has 2 saturated heterocycles. The molecule has 0 bridgehead atoms. The molecular formula is C18H27N3O2. The minimum absolute atomic E-state index is 0.388. The highest BCUT2D eigenvalue weighted by Crippen LogP contribution is 2.26. The maximum Gasteiger partial charge on any atom is 0.152 e. The number of carbonyl (C=O) groups is 1. The fraction of sp³-hybridized carbons (Fsp3) is 0.611. The van der Waals surface area contributed by atoms with E-state index in [1.165, 1.54) is 5.69 Å². The molecule has 0 radical (unpaired) electrons. The monoisotopic (exact) mass is 317 g/mol. The van der Waals surface area contributed by atoms with Crippen molar-refractivity contribution in [2.24, 2.45) is 0 Å². The average molecular weight is 317 g/mol. The van der Waals surface area contributed by atoms with E-state index < -0.39 is 0 Å². The van der Waals surface area contributed by atoms with Crippen LogP contribution in [0.15, 0.2) is 18.2 Å². The van der Waals surface area contributed by atoms with Gasteiger partial charge in [0.2, 0.25) is 0 Å². The lowest BCUT2D eigenvalue weighted by Crippen LogP contribution is -2.54. The van der Waals surface area contributed by atoms with E-state index in [-0.39, 0.29) is 0 Å². The fourth-order valence-electron chi connectivity index (χ4n) is 3.57. The molecule has 5 heteroatoms. The first-order valence-electron chi connectivity index (χ1n) is 8.60. The second-order valence-corrected chi connectivity index (χ2v) is 6.79. The van der Waals surface area contributed by atoms with Crippen LogP contribution in [-0.4, -0.2) is 50.7 Å². The standard InChI is InChI=1S/C18H27N3O2/c1-13-10-21(11-14(2)19-13)17-4-3-15(12-22)18(9-17)20-16-5-7-23-8-6-16/h3-4,9,12-14,16,19-20H,5-8,10-11H2,1-2H3. The molecule has 1 aromatic rings. The molecule has 2 heterocycles. The number of nitrogens with zero attached hydrogens (tertiary/aromatic N) is 1. The molecule has 2 atom stereocenters. The SMILES string of the molecule is CC1CN(c2ccc(C=O)c(NC3CCOCC3)c2)CC(C)N1. The summed E-state index contributed by atoms with van der Waals surface area (Å²) in [5.74, 6) is 0. The van der Waals surface area contributed by atoms with Crippen molar-refractivity contribution >= 4 is 17.7 Å². The van der Waals surface area contributed by atoms with Gasteiger partial charge in [-0.05, 0) is 44.9 Å². The second-order valence-electron chi connectivity index (χ2n) is 6.79. The van der Waals surface area contributed by atoms with Crippen molar-refractivity contribution < 1.29 is 9.53 Å². The number of nitrogens with one attached hydrogen (secondary N) is 2. The Morgan fingerprint density at radius 3 is 2.57 bits per heavy atom. The first-order valence-corrected chi connectivity index (χ1v) is 8.60. The largest absolute Gasteiger partial charge is 0.381 e. The van der Waals surface area contributed by atoms with Crippen molar-refractivity contribution in [3.05, 3.63) is 23.8 Å². The molecule has 0 aromatic heterocycles. The number of rotatable bonds is 4. The summed E-state index contributed by atoms with van der Waals surface area (Å²) in [7, 11) is 0. The molecule has 2 unspecified atom stereocenters. The van der Waals surface area contributed by atoms with Gasteiger partial charge in [-0.15, -0.1) is 0 Å². The van der Waals surface area contributed by atoms with Crippen LogP contribution < -0.4 is 15.5 Å². The van der Waals surface area contributed by atoms with E-state index in [2.05, 4.69) is 41.5 Å². The van der Waals surface area contributed by atoms with Gasteiger partial charge in [-0.1, -0.05) is 0 Å². The number of benzene rings is 1. The molecule has 0 amide bonds. The number of aldehydes is 1. The summed E-state index contributed by atoms with van der Waals surface area (Å²) in [5, 5.41) is 7.10. The number of carbonyl (C=O) groups excluding carboxylic acids is 1. The highest BCUT2D eigenvalue weighted by Gasteiger charge is 2.22. The summed E-state index contributed by atoms with van der Waals surface area (Å²) in [5.41, 5.74) is 2.87. The highest BCUT2D eigenvalue weighted by molar-refractivity contribution is 5.86. The molecule has 126 valence electrons. The molecule has 0 aliphatic carbocycles. The zero-order valence-corrected chi connectivity index (χ0v) is 14.0. The van der Waals surface area contributed by atoms with Crippen LogP contribution in [0.3, 0.4) is 0 Å². The zero-order valence-electron chi connectivity index (χ0n) is 14.0. The molecule has 0 saturated carbocycles. The third kappa shape index (κ3) is 4.03. The smallest absolute Gasteiger partial charge is 0.152 e. The van der Waals surface area contributed by atoms with Gasteiger partial charge < -0.3 is 20.3 Å². The molecule has 5 nitrogen and oxygen atoms in total. The summed E-state index contributed by atoms with van der Waals surface area (Å²) in [4.78, 5) is 13.8. The summed E-state index contributed by atoms with van der Waals surface area (Å²) in [6, 6.07) is 7.45. The lowest BCUT2D eigenvalue weighted by Gasteiger charge is -2.38. The molecule has 0 spiro atoms. The van der Waals surface area contributed by atoms with Crippen LogP contribution in [0.25, 0.3) is 0 Å². The second kappa shape index (κ2) is 7.32. The summed E-state index contributed by atoms with van der Waals surface area (Å²) < 4.78 is 5.41. The zero-order chi connectivity index (χ0) is 16.2. The Labute approximate surface area is 138 Å². The number of anilines is 2. The third-order valence-corrected chi connectivity index (χ3v) is 4.67. The van der Waals surface area contributed by atoms with Gasteiger partial charge in [0, 0.05) is 61.4 Å². The van der Waals surface area contributed by atoms with Gasteiger partial charge >= 0.3 is 0 Å². The quantitative estimate of drug-likeness (QED) is 0.835. The number of hydrogen-bond acceptors (Lipinski definition) is 5. The highest BCUT2D eigenvalue weighted by atomic mass is 16.5. The molecule has 23 heavy (non-hydrogen) atoms. The maximum absolute atomic E-state index is 11.4. The molecule has 2 fully saturated rings. The van der Waals surface area contributed by atoms with E-state index in [1.807, 2.05) is 6.07 Å². The number of hydrogen-bond donors (Lipinski definition) is 2. The van der Waals surface area contributed by atoms with Crippen LogP contribution in [0.2, 0.25) is 0 Å². The van der Waals surface area contributed by atoms with E-state index in [4.69, 9.17) is 4.74 Å². The predicted molar refractivity (Wildman–Crippen MR) is 93.6 cm³/mol. The first kappa shape index (κ1) is 16.3. The van der Waals surface area contributed by atoms with Crippen LogP contribution in [-0.2, 0) is 4.74 Å². The molecule has 2 aliphatic rings. The van der Waals surface area contributed by atoms with Crippen molar-refractivity contribution in [1.29, 1.82) is 0 Å². The van der Waals surface area contributed by atoms with E-state index in [0.29, 0.717) is 18.1 Å². The summed E-state index contributed by atoms with van der Waals surface area (Å²) >= 11 is 0. The average Bonchev–Trinajstić information content (AvgIpc) is 2.55. The predicted octanol–water partition coefficient (Wildman–Crippen LogP) is 2.28. The Hall–Kier alpha value is -1.59. The van der Waals surface area contributed by atoms with Gasteiger partial charge in [0.15, 0.2) is 6.29 Å². The molecule has 3 rings (SSSR count). The van der Waals surface area contributed by atoms with Gasteiger partial charge in [0.25, 0.3) is 0 Å². The Balaban J connectivity index is 1.79. The minimum atomic E-state index is 0.388. The van der Waals surface area contributed by atoms with Crippen molar-refractivity contribution in [1.82, 2.24) is 5.32 Å². The van der Waals surface area contributed by atoms with Crippen LogP contribution in [0.4, 0.5) is 11.4 Å². The van der Waals surface area contributed by atoms with Crippen molar-refractivity contribution in [2.45, 2.75) is 44.8 Å². The van der Waals surface area contributed by atoms with Gasteiger partial charge in [0.1, 0.15) is 0 Å². The van der Waals surface area contributed by atoms with E-state index in [9.17, 15) is 4.79 Å². The molecule has 2 aliphatic heterocycles. The van der Waals surface area contributed by atoms with Gasteiger partial charge in [-0.3, -0.25) is 4.79 Å². The Kier molecular flexibility index (Phi) is 5.18. The number of ether oxygens (including phenoxy) is 1. The van der Waals surface area contributed by atoms with Crippen LogP contribution in [0.5, 0.6) is 0 Å². The van der Waals surface area contributed by atoms with Crippen molar-refractivity contribution in [2.75, 3.05) is 36.5 Å². The van der Waals surface area contributed by atoms with Crippen molar-refractivity contribution in [3.63, 3.8) is 0 Å². The van der Waals surface area contributed by atoms with Gasteiger partial charge in [-0.2, -0.15) is 0 Å². The maximum atomic E-state index is 11.4. The van der Waals surface area contributed by atoms with E-state index >= 15 is 0 Å². The van der Waals surface area contributed by atoms with E-state index in [1.54, 1.807) is 0 Å².